The van der Waals surface area contributed by atoms with Gasteiger partial charge < -0.3 is 10.2 Å². The SMILES string of the molecule is Cc1ccccc1[C@H](C)NC(=O)N1CCC[C@@H]1c1nnc2ccccn12. The number of carbonyl (C=O) groups excluding carboxylic acids is 1. The van der Waals surface area contributed by atoms with E-state index in [1.165, 1.54) is 5.56 Å². The molecule has 6 nitrogen and oxygen atoms in total. The Morgan fingerprint density at radius 2 is 2.00 bits per heavy atom. The Balaban J connectivity index is 1.55. The molecule has 0 bridgehead atoms. The molecule has 2 aromatic heterocycles. The third-order valence-electron chi connectivity index (χ3n) is 5.15. The Labute approximate surface area is 152 Å². The number of nitrogens with zero attached hydrogens (tertiary/aromatic N) is 4. The maximum absolute atomic E-state index is 12.9. The van der Waals surface area contributed by atoms with Crippen LogP contribution in [0, 0.1) is 6.92 Å². The molecule has 0 radical (unpaired) electrons. The summed E-state index contributed by atoms with van der Waals surface area (Å²) in [6, 6.07) is 13.8. The minimum Gasteiger partial charge on any atom is -0.331 e. The first kappa shape index (κ1) is 16.6. The van der Waals surface area contributed by atoms with Crippen LogP contribution in [0.25, 0.3) is 5.65 Å². The van der Waals surface area contributed by atoms with Crippen LogP contribution < -0.4 is 5.32 Å². The van der Waals surface area contributed by atoms with E-state index in [1.807, 2.05) is 52.8 Å². The number of carbonyl (C=O) groups is 1. The first-order valence-corrected chi connectivity index (χ1v) is 9.07. The molecule has 3 aromatic rings. The van der Waals surface area contributed by atoms with Crippen molar-refractivity contribution in [2.75, 3.05) is 6.54 Å². The molecule has 2 amide bonds. The molecule has 0 unspecified atom stereocenters. The van der Waals surface area contributed by atoms with Gasteiger partial charge in [0, 0.05) is 12.7 Å². The molecule has 1 aliphatic heterocycles. The van der Waals surface area contributed by atoms with Gasteiger partial charge in [-0.2, -0.15) is 0 Å². The Bertz CT molecular complexity index is 935. The fraction of sp³-hybridized carbons (Fsp3) is 0.350. The number of aryl methyl sites for hydroxylation is 1. The normalized spacial score (nSPS) is 18.2. The van der Waals surface area contributed by atoms with Gasteiger partial charge in [0.2, 0.25) is 0 Å². The van der Waals surface area contributed by atoms with Gasteiger partial charge in [-0.3, -0.25) is 4.40 Å². The Kier molecular flexibility index (Phi) is 4.32. The van der Waals surface area contributed by atoms with Crippen molar-refractivity contribution in [3.05, 3.63) is 65.6 Å². The predicted octanol–water partition coefficient (Wildman–Crippen LogP) is 3.65. The number of benzene rings is 1. The zero-order valence-corrected chi connectivity index (χ0v) is 15.1. The van der Waals surface area contributed by atoms with E-state index < -0.39 is 0 Å². The molecule has 1 aromatic carbocycles. The van der Waals surface area contributed by atoms with E-state index in [1.54, 1.807) is 0 Å². The van der Waals surface area contributed by atoms with Gasteiger partial charge >= 0.3 is 6.03 Å². The van der Waals surface area contributed by atoms with Crippen molar-refractivity contribution in [3.8, 4) is 0 Å². The average Bonchev–Trinajstić information content (AvgIpc) is 3.28. The molecule has 1 fully saturated rings. The Hall–Kier alpha value is -2.89. The molecule has 2 atom stereocenters. The molecule has 0 aliphatic carbocycles. The highest BCUT2D eigenvalue weighted by atomic mass is 16.2. The number of amides is 2. The van der Waals surface area contributed by atoms with E-state index in [2.05, 4.69) is 34.6 Å². The topological polar surface area (TPSA) is 62.5 Å². The standard InChI is InChI=1S/C20H23N5O/c1-14-8-3-4-9-16(14)15(2)21-20(26)24-13-7-10-17(24)19-23-22-18-11-5-6-12-25(18)19/h3-6,8-9,11-12,15,17H,7,10,13H2,1-2H3,(H,21,26)/t15-,17+/m0/s1. The van der Waals surface area contributed by atoms with Crippen LogP contribution in [-0.4, -0.2) is 32.1 Å². The zero-order chi connectivity index (χ0) is 18.1. The lowest BCUT2D eigenvalue weighted by Gasteiger charge is -2.26. The maximum Gasteiger partial charge on any atom is 0.318 e. The smallest absolute Gasteiger partial charge is 0.318 e. The van der Waals surface area contributed by atoms with Crippen LogP contribution in [-0.2, 0) is 0 Å². The van der Waals surface area contributed by atoms with Crippen LogP contribution >= 0.6 is 0 Å². The van der Waals surface area contributed by atoms with Crippen LogP contribution in [0.15, 0.2) is 48.7 Å². The number of hydrogen-bond donors (Lipinski definition) is 1. The zero-order valence-electron chi connectivity index (χ0n) is 15.1. The number of pyridine rings is 1. The molecule has 1 saturated heterocycles. The molecular weight excluding hydrogens is 326 g/mol. The minimum absolute atomic E-state index is 0.0416. The second-order valence-corrected chi connectivity index (χ2v) is 6.87. The summed E-state index contributed by atoms with van der Waals surface area (Å²) in [5, 5.41) is 11.7. The predicted molar refractivity (Wildman–Crippen MR) is 99.8 cm³/mol. The summed E-state index contributed by atoms with van der Waals surface area (Å²) in [6.45, 7) is 4.83. The van der Waals surface area contributed by atoms with Crippen molar-refractivity contribution in [2.24, 2.45) is 0 Å². The number of nitrogens with one attached hydrogen (secondary N) is 1. The van der Waals surface area contributed by atoms with Gasteiger partial charge in [0.05, 0.1) is 12.1 Å². The fourth-order valence-corrected chi connectivity index (χ4v) is 3.78. The number of hydrogen-bond acceptors (Lipinski definition) is 3. The van der Waals surface area contributed by atoms with E-state index in [0.717, 1.165) is 36.4 Å². The van der Waals surface area contributed by atoms with Crippen molar-refractivity contribution in [1.29, 1.82) is 0 Å². The third-order valence-corrected chi connectivity index (χ3v) is 5.15. The van der Waals surface area contributed by atoms with Gasteiger partial charge in [-0.25, -0.2) is 4.79 Å². The van der Waals surface area contributed by atoms with Crippen LogP contribution in [0.5, 0.6) is 0 Å². The molecule has 1 N–H and O–H groups in total. The molecule has 26 heavy (non-hydrogen) atoms. The van der Waals surface area contributed by atoms with E-state index >= 15 is 0 Å². The lowest BCUT2D eigenvalue weighted by Crippen LogP contribution is -2.41. The van der Waals surface area contributed by atoms with Crippen molar-refractivity contribution < 1.29 is 4.79 Å². The summed E-state index contributed by atoms with van der Waals surface area (Å²) in [5.74, 6) is 0.830. The number of rotatable bonds is 3. The van der Waals surface area contributed by atoms with Crippen molar-refractivity contribution >= 4 is 11.7 Å². The van der Waals surface area contributed by atoms with E-state index in [-0.39, 0.29) is 18.1 Å². The number of aromatic nitrogens is 3. The second-order valence-electron chi connectivity index (χ2n) is 6.87. The summed E-state index contributed by atoms with van der Waals surface area (Å²) < 4.78 is 1.97. The van der Waals surface area contributed by atoms with Crippen molar-refractivity contribution in [3.63, 3.8) is 0 Å². The quantitative estimate of drug-likeness (QED) is 0.785. The van der Waals surface area contributed by atoms with Crippen LogP contribution in [0.1, 0.15) is 48.8 Å². The van der Waals surface area contributed by atoms with Gasteiger partial charge in [0.1, 0.15) is 0 Å². The van der Waals surface area contributed by atoms with Crippen molar-refractivity contribution in [1.82, 2.24) is 24.8 Å². The third kappa shape index (κ3) is 2.92. The largest absolute Gasteiger partial charge is 0.331 e. The van der Waals surface area contributed by atoms with E-state index in [9.17, 15) is 4.79 Å². The van der Waals surface area contributed by atoms with Gasteiger partial charge in [-0.1, -0.05) is 30.3 Å². The first-order valence-electron chi connectivity index (χ1n) is 9.07. The Morgan fingerprint density at radius 3 is 2.85 bits per heavy atom. The molecule has 6 heteroatoms. The van der Waals surface area contributed by atoms with Crippen LogP contribution in [0.2, 0.25) is 0 Å². The van der Waals surface area contributed by atoms with E-state index in [0.29, 0.717) is 0 Å². The lowest BCUT2D eigenvalue weighted by atomic mass is 10.0. The van der Waals surface area contributed by atoms with Gasteiger partial charge in [0.15, 0.2) is 11.5 Å². The first-order chi connectivity index (χ1) is 12.6. The molecule has 4 rings (SSSR count). The molecule has 3 heterocycles. The average molecular weight is 349 g/mol. The highest BCUT2D eigenvalue weighted by molar-refractivity contribution is 5.75. The monoisotopic (exact) mass is 349 g/mol. The van der Waals surface area contributed by atoms with Gasteiger partial charge in [0.25, 0.3) is 0 Å². The molecule has 0 spiro atoms. The summed E-state index contributed by atoms with van der Waals surface area (Å²) >= 11 is 0. The molecule has 0 saturated carbocycles. The number of likely N-dealkylation sites (tertiary alicyclic amines) is 1. The molecule has 1 aliphatic rings. The lowest BCUT2D eigenvalue weighted by molar-refractivity contribution is 0.187. The highest BCUT2D eigenvalue weighted by Gasteiger charge is 2.33. The van der Waals surface area contributed by atoms with Crippen molar-refractivity contribution in [2.45, 2.75) is 38.8 Å². The second kappa shape index (κ2) is 6.78. The summed E-state index contributed by atoms with van der Waals surface area (Å²) in [5.41, 5.74) is 3.13. The maximum atomic E-state index is 12.9. The van der Waals surface area contributed by atoms with Gasteiger partial charge in [-0.15, -0.1) is 10.2 Å². The highest BCUT2D eigenvalue weighted by Crippen LogP contribution is 2.31. The summed E-state index contributed by atoms with van der Waals surface area (Å²) in [6.07, 6.45) is 3.83. The Morgan fingerprint density at radius 1 is 1.19 bits per heavy atom. The van der Waals surface area contributed by atoms with E-state index in [4.69, 9.17) is 0 Å². The fourth-order valence-electron chi connectivity index (χ4n) is 3.78. The van der Waals surface area contributed by atoms with Gasteiger partial charge in [-0.05, 0) is 49.9 Å². The molecular formula is C20H23N5O. The number of fused-ring (bicyclic) bond motifs is 1. The van der Waals surface area contributed by atoms with Crippen LogP contribution in [0.4, 0.5) is 4.79 Å². The minimum atomic E-state index is -0.0454. The molecule has 134 valence electrons. The van der Waals surface area contributed by atoms with Crippen LogP contribution in [0.3, 0.4) is 0 Å². The summed E-state index contributed by atoms with van der Waals surface area (Å²) in [4.78, 5) is 14.8. The number of urea groups is 1. The summed E-state index contributed by atoms with van der Waals surface area (Å²) in [7, 11) is 0.